The van der Waals surface area contributed by atoms with Gasteiger partial charge in [-0.2, -0.15) is 0 Å². The van der Waals surface area contributed by atoms with E-state index in [1.54, 1.807) is 0 Å². The summed E-state index contributed by atoms with van der Waals surface area (Å²) in [5, 5.41) is 9.62. The minimum atomic E-state index is -0.644. The van der Waals surface area contributed by atoms with Crippen molar-refractivity contribution in [1.82, 2.24) is 4.90 Å². The van der Waals surface area contributed by atoms with Crippen molar-refractivity contribution >= 4 is 5.78 Å². The summed E-state index contributed by atoms with van der Waals surface area (Å²) in [4.78, 5) is 13.5. The van der Waals surface area contributed by atoms with E-state index in [-0.39, 0.29) is 5.92 Å². The van der Waals surface area contributed by atoms with Gasteiger partial charge in [0.15, 0.2) is 0 Å². The van der Waals surface area contributed by atoms with Gasteiger partial charge in [0, 0.05) is 18.9 Å². The molecule has 0 aromatic heterocycles. The molecule has 0 radical (unpaired) electrons. The molecule has 0 aliphatic heterocycles. The van der Waals surface area contributed by atoms with Crippen LogP contribution in [-0.2, 0) is 4.79 Å². The summed E-state index contributed by atoms with van der Waals surface area (Å²) in [5.41, 5.74) is -0.644. The molecule has 0 aromatic rings. The fourth-order valence-electron chi connectivity index (χ4n) is 2.31. The molecule has 0 amide bonds. The van der Waals surface area contributed by atoms with E-state index < -0.39 is 5.60 Å². The second-order valence-electron chi connectivity index (χ2n) is 5.39. The average Bonchev–Trinajstić information content (AvgIpc) is 2.44. The molecule has 0 spiro atoms. The zero-order chi connectivity index (χ0) is 11.5. The van der Waals surface area contributed by atoms with Crippen molar-refractivity contribution in [2.75, 3.05) is 20.1 Å². The van der Waals surface area contributed by atoms with Crippen molar-refractivity contribution in [3.05, 3.63) is 0 Å². The monoisotopic (exact) mass is 213 g/mol. The summed E-state index contributed by atoms with van der Waals surface area (Å²) in [7, 11) is 2.00. The summed E-state index contributed by atoms with van der Waals surface area (Å²) in [5.74, 6) is 0.723. The SMILES string of the molecule is CN(CCC1CCCC1=O)CC(C)(C)O. The van der Waals surface area contributed by atoms with E-state index in [4.69, 9.17) is 0 Å². The fourth-order valence-corrected chi connectivity index (χ4v) is 2.31. The zero-order valence-corrected chi connectivity index (χ0v) is 10.1. The Bertz CT molecular complexity index is 220. The lowest BCUT2D eigenvalue weighted by atomic mass is 10.0. The highest BCUT2D eigenvalue weighted by molar-refractivity contribution is 5.82. The van der Waals surface area contributed by atoms with Crippen LogP contribution in [0.2, 0.25) is 0 Å². The van der Waals surface area contributed by atoms with Crippen molar-refractivity contribution in [2.24, 2.45) is 5.92 Å². The predicted molar refractivity (Wildman–Crippen MR) is 60.8 cm³/mol. The third-order valence-electron chi connectivity index (χ3n) is 2.95. The summed E-state index contributed by atoms with van der Waals surface area (Å²) in [6.07, 6.45) is 3.86. The summed E-state index contributed by atoms with van der Waals surface area (Å²) >= 11 is 0. The van der Waals surface area contributed by atoms with Gasteiger partial charge in [0.25, 0.3) is 0 Å². The lowest BCUT2D eigenvalue weighted by Gasteiger charge is -2.26. The number of ketones is 1. The predicted octanol–water partition coefficient (Wildman–Crippen LogP) is 1.45. The normalized spacial score (nSPS) is 22.7. The van der Waals surface area contributed by atoms with Gasteiger partial charge >= 0.3 is 0 Å². The molecule has 1 aliphatic rings. The summed E-state index contributed by atoms with van der Waals surface area (Å²) in [6.45, 7) is 5.18. The number of hydrogen-bond acceptors (Lipinski definition) is 3. The van der Waals surface area contributed by atoms with Crippen LogP contribution in [0.15, 0.2) is 0 Å². The maximum absolute atomic E-state index is 11.4. The van der Waals surface area contributed by atoms with Crippen LogP contribution in [0.25, 0.3) is 0 Å². The first-order valence-electron chi connectivity index (χ1n) is 5.82. The molecule has 1 N–H and O–H groups in total. The molecule has 1 unspecified atom stereocenters. The van der Waals surface area contributed by atoms with Gasteiger partial charge in [-0.15, -0.1) is 0 Å². The molecule has 0 saturated heterocycles. The van der Waals surface area contributed by atoms with Crippen molar-refractivity contribution in [3.8, 4) is 0 Å². The van der Waals surface area contributed by atoms with Crippen LogP contribution in [0.5, 0.6) is 0 Å². The standard InChI is InChI=1S/C12H23NO2/c1-12(2,15)9-13(3)8-7-10-5-4-6-11(10)14/h10,15H,4-9H2,1-3H3. The smallest absolute Gasteiger partial charge is 0.136 e. The van der Waals surface area contributed by atoms with E-state index in [0.717, 1.165) is 32.2 Å². The molecule has 1 saturated carbocycles. The maximum atomic E-state index is 11.4. The third-order valence-corrected chi connectivity index (χ3v) is 2.95. The molecule has 15 heavy (non-hydrogen) atoms. The topological polar surface area (TPSA) is 40.5 Å². The second kappa shape index (κ2) is 5.08. The Morgan fingerprint density at radius 1 is 1.53 bits per heavy atom. The number of nitrogens with zero attached hydrogens (tertiary/aromatic N) is 1. The van der Waals surface area contributed by atoms with Gasteiger partial charge in [0.1, 0.15) is 5.78 Å². The Morgan fingerprint density at radius 2 is 2.20 bits per heavy atom. The number of likely N-dealkylation sites (N-methyl/N-ethyl adjacent to an activating group) is 1. The maximum Gasteiger partial charge on any atom is 0.136 e. The molecule has 0 heterocycles. The Morgan fingerprint density at radius 3 is 2.67 bits per heavy atom. The molecule has 88 valence electrons. The Kier molecular flexibility index (Phi) is 4.29. The van der Waals surface area contributed by atoms with Crippen LogP contribution in [-0.4, -0.2) is 41.5 Å². The molecular formula is C12H23NO2. The van der Waals surface area contributed by atoms with Crippen LogP contribution in [0, 0.1) is 5.92 Å². The highest BCUT2D eigenvalue weighted by Crippen LogP contribution is 2.24. The van der Waals surface area contributed by atoms with Crippen LogP contribution in [0.4, 0.5) is 0 Å². The van der Waals surface area contributed by atoms with Crippen molar-refractivity contribution in [3.63, 3.8) is 0 Å². The van der Waals surface area contributed by atoms with Gasteiger partial charge in [-0.25, -0.2) is 0 Å². The van der Waals surface area contributed by atoms with Gasteiger partial charge in [0.2, 0.25) is 0 Å². The van der Waals surface area contributed by atoms with Crippen molar-refractivity contribution < 1.29 is 9.90 Å². The van der Waals surface area contributed by atoms with Crippen LogP contribution in [0.1, 0.15) is 39.5 Å². The molecule has 0 aromatic carbocycles. The lowest BCUT2D eigenvalue weighted by molar-refractivity contribution is -0.120. The highest BCUT2D eigenvalue weighted by atomic mass is 16.3. The van der Waals surface area contributed by atoms with E-state index in [0.29, 0.717) is 12.3 Å². The van der Waals surface area contributed by atoms with E-state index in [1.165, 1.54) is 0 Å². The quantitative estimate of drug-likeness (QED) is 0.751. The zero-order valence-electron chi connectivity index (χ0n) is 10.1. The van der Waals surface area contributed by atoms with E-state index >= 15 is 0 Å². The van der Waals surface area contributed by atoms with Crippen LogP contribution in [0.3, 0.4) is 0 Å². The first kappa shape index (κ1) is 12.7. The van der Waals surface area contributed by atoms with Gasteiger partial charge in [0.05, 0.1) is 5.60 Å². The highest BCUT2D eigenvalue weighted by Gasteiger charge is 2.24. The minimum absolute atomic E-state index is 0.286. The molecule has 1 rings (SSSR count). The Labute approximate surface area is 92.5 Å². The van der Waals surface area contributed by atoms with E-state index in [1.807, 2.05) is 20.9 Å². The van der Waals surface area contributed by atoms with E-state index in [9.17, 15) is 9.90 Å². The lowest BCUT2D eigenvalue weighted by Crippen LogP contribution is -2.37. The average molecular weight is 213 g/mol. The van der Waals surface area contributed by atoms with Crippen molar-refractivity contribution in [1.29, 1.82) is 0 Å². The number of Topliss-reactive ketones (excluding diaryl/α,β-unsaturated/α-hetero) is 1. The molecule has 1 aliphatic carbocycles. The van der Waals surface area contributed by atoms with Gasteiger partial charge in [-0.05, 0) is 46.7 Å². The molecule has 1 fully saturated rings. The summed E-state index contributed by atoms with van der Waals surface area (Å²) in [6, 6.07) is 0. The number of carbonyl (C=O) groups excluding carboxylic acids is 1. The Hall–Kier alpha value is -0.410. The van der Waals surface area contributed by atoms with Gasteiger partial charge in [-0.1, -0.05) is 0 Å². The third kappa shape index (κ3) is 4.76. The molecule has 1 atom stereocenters. The number of aliphatic hydroxyl groups is 1. The largest absolute Gasteiger partial charge is 0.389 e. The molecule has 3 heteroatoms. The first-order chi connectivity index (χ1) is 6.88. The van der Waals surface area contributed by atoms with Crippen LogP contribution < -0.4 is 0 Å². The van der Waals surface area contributed by atoms with E-state index in [2.05, 4.69) is 4.90 Å². The van der Waals surface area contributed by atoms with Gasteiger partial charge in [-0.3, -0.25) is 4.79 Å². The van der Waals surface area contributed by atoms with Gasteiger partial charge < -0.3 is 10.0 Å². The molecule has 0 bridgehead atoms. The first-order valence-corrected chi connectivity index (χ1v) is 5.82. The van der Waals surface area contributed by atoms with Crippen LogP contribution >= 0.6 is 0 Å². The fraction of sp³-hybridized carbons (Fsp3) is 0.917. The number of carbonyl (C=O) groups is 1. The minimum Gasteiger partial charge on any atom is -0.389 e. The number of rotatable bonds is 5. The summed E-state index contributed by atoms with van der Waals surface area (Å²) < 4.78 is 0. The Balaban J connectivity index is 2.22. The number of hydrogen-bond donors (Lipinski definition) is 1. The van der Waals surface area contributed by atoms with Crippen molar-refractivity contribution in [2.45, 2.75) is 45.1 Å². The molecule has 3 nitrogen and oxygen atoms in total. The second-order valence-corrected chi connectivity index (χ2v) is 5.39. The molecular weight excluding hydrogens is 190 g/mol.